The van der Waals surface area contributed by atoms with Crippen LogP contribution in [0.5, 0.6) is 0 Å². The number of methoxy groups -OCH3 is 1. The summed E-state index contributed by atoms with van der Waals surface area (Å²) < 4.78 is 10.6. The molecule has 2 heterocycles. The second kappa shape index (κ2) is 3.32. The quantitative estimate of drug-likeness (QED) is 0.676. The van der Waals surface area contributed by atoms with Crippen molar-refractivity contribution in [2.24, 2.45) is 5.92 Å². The van der Waals surface area contributed by atoms with Crippen LogP contribution in [0, 0.1) is 5.92 Å². The number of hydrogen-bond donors (Lipinski definition) is 1. The van der Waals surface area contributed by atoms with Crippen molar-refractivity contribution in [1.82, 2.24) is 0 Å². The van der Waals surface area contributed by atoms with Crippen LogP contribution in [0.4, 0.5) is 0 Å². The van der Waals surface area contributed by atoms with Crippen LogP contribution < -0.4 is 0 Å². The molecule has 0 spiro atoms. The van der Waals surface area contributed by atoms with Crippen LogP contribution in [0.15, 0.2) is 0 Å². The van der Waals surface area contributed by atoms with Gasteiger partial charge in [0, 0.05) is 13.0 Å². The molecule has 0 radical (unpaired) electrons. The summed E-state index contributed by atoms with van der Waals surface area (Å²) in [6.45, 7) is 0.442. The van der Waals surface area contributed by atoms with E-state index >= 15 is 0 Å². The molecule has 0 aromatic carbocycles. The van der Waals surface area contributed by atoms with Crippen molar-refractivity contribution in [3.63, 3.8) is 0 Å². The normalized spacial score (nSPS) is 42.0. The molecule has 0 saturated carbocycles. The lowest BCUT2D eigenvalue weighted by molar-refractivity contribution is -0.00211. The van der Waals surface area contributed by atoms with Crippen molar-refractivity contribution in [1.29, 1.82) is 0 Å². The number of aliphatic hydroxyl groups is 1. The third-order valence-corrected chi connectivity index (χ3v) is 2.98. The minimum absolute atomic E-state index is 0.306. The van der Waals surface area contributed by atoms with E-state index in [1.807, 2.05) is 0 Å². The van der Waals surface area contributed by atoms with E-state index in [2.05, 4.69) is 0 Å². The lowest BCUT2D eigenvalue weighted by atomic mass is 9.85. The van der Waals surface area contributed by atoms with Crippen LogP contribution in [-0.4, -0.2) is 37.1 Å². The molecular formula is C9H16O3. The molecule has 4 atom stereocenters. The fourth-order valence-electron chi connectivity index (χ4n) is 2.38. The van der Waals surface area contributed by atoms with Gasteiger partial charge in [-0.25, -0.2) is 0 Å². The van der Waals surface area contributed by atoms with Crippen molar-refractivity contribution >= 4 is 0 Å². The molecule has 70 valence electrons. The summed E-state index contributed by atoms with van der Waals surface area (Å²) in [5.41, 5.74) is 0. The largest absolute Gasteiger partial charge is 0.390 e. The van der Waals surface area contributed by atoms with Gasteiger partial charge in [-0.2, -0.15) is 0 Å². The summed E-state index contributed by atoms with van der Waals surface area (Å²) in [5, 5.41) is 9.67. The number of rotatable bonds is 3. The van der Waals surface area contributed by atoms with Gasteiger partial charge in [-0.05, 0) is 19.3 Å². The Labute approximate surface area is 72.7 Å². The van der Waals surface area contributed by atoms with Crippen molar-refractivity contribution in [3.05, 3.63) is 0 Å². The van der Waals surface area contributed by atoms with Crippen LogP contribution >= 0.6 is 0 Å². The highest BCUT2D eigenvalue weighted by Crippen LogP contribution is 2.40. The summed E-state index contributed by atoms with van der Waals surface area (Å²) >= 11 is 0. The van der Waals surface area contributed by atoms with Gasteiger partial charge in [-0.15, -0.1) is 0 Å². The lowest BCUT2D eigenvalue weighted by Gasteiger charge is -2.23. The Morgan fingerprint density at radius 1 is 1.58 bits per heavy atom. The summed E-state index contributed by atoms with van der Waals surface area (Å²) in [6.07, 6.45) is 3.73. The Morgan fingerprint density at radius 2 is 2.42 bits per heavy atom. The van der Waals surface area contributed by atoms with E-state index in [-0.39, 0.29) is 6.10 Å². The van der Waals surface area contributed by atoms with Gasteiger partial charge in [0.15, 0.2) is 0 Å². The van der Waals surface area contributed by atoms with Crippen molar-refractivity contribution < 1.29 is 14.6 Å². The van der Waals surface area contributed by atoms with Gasteiger partial charge < -0.3 is 14.6 Å². The van der Waals surface area contributed by atoms with Gasteiger partial charge in [0.2, 0.25) is 0 Å². The Balaban J connectivity index is 1.89. The molecule has 2 bridgehead atoms. The van der Waals surface area contributed by atoms with E-state index < -0.39 is 0 Å². The van der Waals surface area contributed by atoms with E-state index in [1.165, 1.54) is 6.42 Å². The van der Waals surface area contributed by atoms with E-state index in [0.717, 1.165) is 12.8 Å². The molecule has 3 heteroatoms. The molecule has 2 fully saturated rings. The van der Waals surface area contributed by atoms with Crippen LogP contribution in [-0.2, 0) is 9.47 Å². The number of fused-ring (bicyclic) bond motifs is 2. The predicted octanol–water partition coefficient (Wildman–Crippen LogP) is 0.561. The van der Waals surface area contributed by atoms with Gasteiger partial charge in [0.1, 0.15) is 0 Å². The van der Waals surface area contributed by atoms with Crippen molar-refractivity contribution in [2.45, 2.75) is 37.6 Å². The zero-order valence-corrected chi connectivity index (χ0v) is 7.40. The zero-order valence-electron chi connectivity index (χ0n) is 7.40. The fraction of sp³-hybridized carbons (Fsp3) is 1.00. The van der Waals surface area contributed by atoms with Gasteiger partial charge in [0.05, 0.1) is 24.9 Å². The minimum Gasteiger partial charge on any atom is -0.390 e. The molecule has 0 amide bonds. The van der Waals surface area contributed by atoms with Crippen LogP contribution in [0.25, 0.3) is 0 Å². The zero-order chi connectivity index (χ0) is 8.55. The molecule has 0 aromatic heterocycles. The highest BCUT2D eigenvalue weighted by molar-refractivity contribution is 4.92. The highest BCUT2D eigenvalue weighted by Gasteiger charge is 2.43. The fourth-order valence-corrected chi connectivity index (χ4v) is 2.38. The summed E-state index contributed by atoms with van der Waals surface area (Å²) in [7, 11) is 1.62. The Bertz CT molecular complexity index is 160. The minimum atomic E-state index is -0.328. The third kappa shape index (κ3) is 1.37. The van der Waals surface area contributed by atoms with Gasteiger partial charge >= 0.3 is 0 Å². The Morgan fingerprint density at radius 3 is 2.92 bits per heavy atom. The first kappa shape index (κ1) is 8.48. The summed E-state index contributed by atoms with van der Waals surface area (Å²) in [4.78, 5) is 0. The van der Waals surface area contributed by atoms with E-state index in [9.17, 15) is 5.11 Å². The standard InChI is InChI=1S/C9H16O3/c1-11-5-8(10)7-4-6-2-3-9(7)12-6/h6-10H,2-5H2,1H3. The molecular weight excluding hydrogens is 156 g/mol. The second-order valence-electron chi connectivity index (χ2n) is 3.80. The molecule has 4 unspecified atom stereocenters. The molecule has 2 aliphatic heterocycles. The molecule has 0 aliphatic carbocycles. The topological polar surface area (TPSA) is 38.7 Å². The number of ether oxygens (including phenoxy) is 2. The molecule has 3 nitrogen and oxygen atoms in total. The molecule has 0 aromatic rings. The molecule has 2 aliphatic rings. The first-order valence-electron chi connectivity index (χ1n) is 4.63. The average Bonchev–Trinajstić information content (AvgIpc) is 2.64. The Kier molecular flexibility index (Phi) is 2.35. The first-order chi connectivity index (χ1) is 5.81. The van der Waals surface area contributed by atoms with Crippen LogP contribution in [0.1, 0.15) is 19.3 Å². The lowest BCUT2D eigenvalue weighted by Crippen LogP contribution is -2.32. The molecule has 2 saturated heterocycles. The summed E-state index contributed by atoms with van der Waals surface area (Å²) in [6, 6.07) is 0. The van der Waals surface area contributed by atoms with Crippen LogP contribution in [0.2, 0.25) is 0 Å². The molecule has 2 rings (SSSR count). The summed E-state index contributed by atoms with van der Waals surface area (Å²) in [5.74, 6) is 0.323. The smallest absolute Gasteiger partial charge is 0.0827 e. The van der Waals surface area contributed by atoms with Gasteiger partial charge in [-0.3, -0.25) is 0 Å². The monoisotopic (exact) mass is 172 g/mol. The number of aliphatic hydroxyl groups excluding tert-OH is 1. The second-order valence-corrected chi connectivity index (χ2v) is 3.80. The van der Waals surface area contributed by atoms with E-state index in [4.69, 9.17) is 9.47 Å². The van der Waals surface area contributed by atoms with Crippen molar-refractivity contribution in [2.75, 3.05) is 13.7 Å². The number of hydrogen-bond acceptors (Lipinski definition) is 3. The maximum Gasteiger partial charge on any atom is 0.0827 e. The molecule has 1 N–H and O–H groups in total. The maximum absolute atomic E-state index is 9.67. The first-order valence-corrected chi connectivity index (χ1v) is 4.63. The van der Waals surface area contributed by atoms with E-state index in [1.54, 1.807) is 7.11 Å². The molecule has 12 heavy (non-hydrogen) atoms. The maximum atomic E-state index is 9.67. The van der Waals surface area contributed by atoms with E-state index in [0.29, 0.717) is 24.7 Å². The van der Waals surface area contributed by atoms with Crippen LogP contribution in [0.3, 0.4) is 0 Å². The highest BCUT2D eigenvalue weighted by atomic mass is 16.5. The Hall–Kier alpha value is -0.120. The van der Waals surface area contributed by atoms with Gasteiger partial charge in [0.25, 0.3) is 0 Å². The van der Waals surface area contributed by atoms with Crippen molar-refractivity contribution in [3.8, 4) is 0 Å². The SMILES string of the molecule is COCC(O)C1CC2CCC1O2. The average molecular weight is 172 g/mol. The predicted molar refractivity (Wildman–Crippen MR) is 43.9 cm³/mol. The third-order valence-electron chi connectivity index (χ3n) is 2.98. The van der Waals surface area contributed by atoms with Gasteiger partial charge in [-0.1, -0.05) is 0 Å².